The van der Waals surface area contributed by atoms with Gasteiger partial charge in [0.25, 0.3) is 0 Å². The van der Waals surface area contributed by atoms with Crippen molar-refractivity contribution >= 4 is 27.3 Å². The zero-order valence-corrected chi connectivity index (χ0v) is 24.8. The van der Waals surface area contributed by atoms with E-state index >= 15 is 0 Å². The SMILES string of the molecule is CC(=O)/C=C(/C)O.[Ir].c1ccc(-c2nccc3ccccc23)cc1.c1ccc(-c2nccc3ccccc23)cc1. The standard InChI is InChI=1S/2C15H11N.C5H8O2.Ir/c2*1-2-7-13(8-3-1)15-14-9-5-4-6-12(14)10-11-16-15;1-4(6)3-5(2)7;/h2*1-11H;3,6H,1-2H3;/b;;4-3-;. The molecule has 5 heteroatoms. The van der Waals surface area contributed by atoms with Crippen molar-refractivity contribution in [1.82, 2.24) is 9.97 Å². The van der Waals surface area contributed by atoms with Gasteiger partial charge in [0.1, 0.15) is 0 Å². The smallest absolute Gasteiger partial charge is 0.155 e. The van der Waals surface area contributed by atoms with Crippen LogP contribution in [0.1, 0.15) is 13.8 Å². The van der Waals surface area contributed by atoms with Crippen LogP contribution in [0.4, 0.5) is 0 Å². The second-order valence-corrected chi connectivity index (χ2v) is 8.89. The first-order valence-electron chi connectivity index (χ1n) is 12.7. The minimum absolute atomic E-state index is 0. The first-order chi connectivity index (χ1) is 19.0. The Morgan fingerprint density at radius 1 is 0.575 bits per heavy atom. The molecule has 0 atom stereocenters. The van der Waals surface area contributed by atoms with Gasteiger partial charge in [-0.05, 0) is 36.8 Å². The van der Waals surface area contributed by atoms with Crippen molar-refractivity contribution < 1.29 is 30.0 Å². The number of hydrogen-bond acceptors (Lipinski definition) is 4. The maximum atomic E-state index is 10.0. The molecule has 2 heterocycles. The molecule has 0 fully saturated rings. The van der Waals surface area contributed by atoms with E-state index in [0.717, 1.165) is 11.4 Å². The number of pyridine rings is 2. The number of hydrogen-bond donors (Lipinski definition) is 1. The molecule has 0 spiro atoms. The van der Waals surface area contributed by atoms with Crippen molar-refractivity contribution in [1.29, 1.82) is 0 Å². The summed E-state index contributed by atoms with van der Waals surface area (Å²) in [6.07, 6.45) is 4.90. The molecule has 0 amide bonds. The van der Waals surface area contributed by atoms with Crippen LogP contribution in [0.25, 0.3) is 44.1 Å². The fourth-order valence-electron chi connectivity index (χ4n) is 4.19. The quantitative estimate of drug-likeness (QED) is 0.148. The summed E-state index contributed by atoms with van der Waals surface area (Å²) in [5, 5.41) is 13.2. The third kappa shape index (κ3) is 8.28. The molecule has 201 valence electrons. The van der Waals surface area contributed by atoms with Gasteiger partial charge in [-0.25, -0.2) is 0 Å². The Morgan fingerprint density at radius 3 is 1.30 bits per heavy atom. The zero-order chi connectivity index (χ0) is 27.5. The average molecular weight is 703 g/mol. The monoisotopic (exact) mass is 703 g/mol. The number of ketones is 1. The van der Waals surface area contributed by atoms with Crippen LogP contribution < -0.4 is 0 Å². The average Bonchev–Trinajstić information content (AvgIpc) is 2.97. The van der Waals surface area contributed by atoms with Crippen molar-refractivity contribution in [2.45, 2.75) is 13.8 Å². The van der Waals surface area contributed by atoms with Gasteiger partial charge in [0.05, 0.1) is 17.1 Å². The summed E-state index contributed by atoms with van der Waals surface area (Å²) in [4.78, 5) is 19.0. The first-order valence-corrected chi connectivity index (χ1v) is 12.7. The van der Waals surface area contributed by atoms with Crippen molar-refractivity contribution in [2.75, 3.05) is 0 Å². The number of aliphatic hydroxyl groups is 1. The van der Waals surface area contributed by atoms with Crippen LogP contribution >= 0.6 is 0 Å². The normalized spacial score (nSPS) is 10.4. The van der Waals surface area contributed by atoms with E-state index in [0.29, 0.717) is 0 Å². The minimum Gasteiger partial charge on any atom is -0.512 e. The number of benzene rings is 4. The van der Waals surface area contributed by atoms with Gasteiger partial charge in [-0.2, -0.15) is 0 Å². The maximum absolute atomic E-state index is 10.0. The first kappa shape index (κ1) is 30.1. The number of carbonyl (C=O) groups excluding carboxylic acids is 1. The van der Waals surface area contributed by atoms with E-state index < -0.39 is 0 Å². The van der Waals surface area contributed by atoms with E-state index in [1.54, 1.807) is 0 Å². The van der Waals surface area contributed by atoms with Crippen LogP contribution in [-0.4, -0.2) is 20.9 Å². The van der Waals surface area contributed by atoms with Crippen LogP contribution in [0.5, 0.6) is 0 Å². The maximum Gasteiger partial charge on any atom is 0.155 e. The third-order valence-corrected chi connectivity index (χ3v) is 5.85. The molecule has 0 aliphatic carbocycles. The number of aliphatic hydroxyl groups excluding tert-OH is 1. The second-order valence-electron chi connectivity index (χ2n) is 8.89. The summed E-state index contributed by atoms with van der Waals surface area (Å²) in [6.45, 7) is 2.85. The number of aromatic nitrogens is 2. The summed E-state index contributed by atoms with van der Waals surface area (Å²) < 4.78 is 0. The van der Waals surface area contributed by atoms with Crippen LogP contribution in [0.2, 0.25) is 0 Å². The van der Waals surface area contributed by atoms with Gasteiger partial charge in [0.2, 0.25) is 0 Å². The number of carbonyl (C=O) groups is 1. The molecule has 0 saturated heterocycles. The molecular weight excluding hydrogens is 673 g/mol. The molecule has 40 heavy (non-hydrogen) atoms. The fraction of sp³-hybridized carbons (Fsp3) is 0.0571. The molecule has 6 aromatic rings. The van der Waals surface area contributed by atoms with Gasteiger partial charge in [-0.3, -0.25) is 14.8 Å². The molecule has 0 unspecified atom stereocenters. The summed E-state index contributed by atoms with van der Waals surface area (Å²) >= 11 is 0. The Morgan fingerprint density at radius 2 is 0.950 bits per heavy atom. The Bertz CT molecular complexity index is 1570. The largest absolute Gasteiger partial charge is 0.512 e. The van der Waals surface area contributed by atoms with E-state index in [-0.39, 0.29) is 31.6 Å². The van der Waals surface area contributed by atoms with Crippen LogP contribution in [-0.2, 0) is 24.9 Å². The molecule has 4 nitrogen and oxygen atoms in total. The number of allylic oxidation sites excluding steroid dienone is 2. The number of nitrogens with zero attached hydrogens (tertiary/aromatic N) is 2. The molecule has 0 aliphatic rings. The van der Waals surface area contributed by atoms with Gasteiger partial charge in [-0.15, -0.1) is 0 Å². The van der Waals surface area contributed by atoms with Crippen LogP contribution in [0.3, 0.4) is 0 Å². The Kier molecular flexibility index (Phi) is 11.5. The molecule has 2 aromatic heterocycles. The van der Waals surface area contributed by atoms with E-state index in [2.05, 4.69) is 82.8 Å². The van der Waals surface area contributed by atoms with Gasteiger partial charge in [0, 0.05) is 60.5 Å². The summed E-state index contributed by atoms with van der Waals surface area (Å²) in [6, 6.07) is 41.3. The topological polar surface area (TPSA) is 63.1 Å². The zero-order valence-electron chi connectivity index (χ0n) is 22.4. The molecule has 4 aromatic carbocycles. The fourth-order valence-corrected chi connectivity index (χ4v) is 4.19. The van der Waals surface area contributed by atoms with Crippen molar-refractivity contribution in [3.63, 3.8) is 0 Å². The molecule has 1 radical (unpaired) electrons. The Balaban J connectivity index is 0.000000177. The van der Waals surface area contributed by atoms with Gasteiger partial charge in [0.15, 0.2) is 5.78 Å². The van der Waals surface area contributed by atoms with Gasteiger partial charge < -0.3 is 5.11 Å². The van der Waals surface area contributed by atoms with Gasteiger partial charge in [-0.1, -0.05) is 109 Å². The second kappa shape index (κ2) is 15.2. The molecular formula is C35H30IrN2O2. The van der Waals surface area contributed by atoms with Crippen LogP contribution in [0, 0.1) is 0 Å². The Labute approximate surface area is 248 Å². The van der Waals surface area contributed by atoms with Crippen molar-refractivity contribution in [3.8, 4) is 22.5 Å². The number of rotatable bonds is 3. The molecule has 6 rings (SSSR count). The van der Waals surface area contributed by atoms with Crippen molar-refractivity contribution in [3.05, 3.63) is 146 Å². The summed E-state index contributed by atoms with van der Waals surface area (Å²) in [5.41, 5.74) is 4.44. The van der Waals surface area contributed by atoms with E-state index in [4.69, 9.17) is 5.11 Å². The molecule has 0 bridgehead atoms. The van der Waals surface area contributed by atoms with Gasteiger partial charge >= 0.3 is 0 Å². The summed E-state index contributed by atoms with van der Waals surface area (Å²) in [5.74, 6) is -0.0625. The third-order valence-electron chi connectivity index (χ3n) is 5.85. The predicted octanol–water partition coefficient (Wildman–Crippen LogP) is 8.84. The summed E-state index contributed by atoms with van der Waals surface area (Å²) in [7, 11) is 0. The predicted molar refractivity (Wildman–Crippen MR) is 161 cm³/mol. The van der Waals surface area contributed by atoms with Crippen LogP contribution in [0.15, 0.2) is 146 Å². The van der Waals surface area contributed by atoms with Crippen molar-refractivity contribution in [2.24, 2.45) is 0 Å². The Hall–Kier alpha value is -4.44. The number of fused-ring (bicyclic) bond motifs is 2. The molecule has 0 aliphatic heterocycles. The van der Waals surface area contributed by atoms with E-state index in [1.165, 1.54) is 52.6 Å². The van der Waals surface area contributed by atoms with E-state index in [9.17, 15) is 4.79 Å². The van der Waals surface area contributed by atoms with E-state index in [1.807, 2.05) is 60.9 Å². The molecule has 0 saturated carbocycles. The minimum atomic E-state index is -0.125. The molecule has 1 N–H and O–H groups in total.